The molecule has 0 spiro atoms. The van der Waals surface area contributed by atoms with E-state index in [0.29, 0.717) is 11.4 Å². The van der Waals surface area contributed by atoms with Gasteiger partial charge in [0, 0.05) is 12.6 Å². The Morgan fingerprint density at radius 3 is 2.85 bits per heavy atom. The fourth-order valence-corrected chi connectivity index (χ4v) is 2.51. The molecule has 0 bridgehead atoms. The molecule has 1 aromatic carbocycles. The molecule has 106 valence electrons. The molecule has 0 aliphatic heterocycles. The summed E-state index contributed by atoms with van der Waals surface area (Å²) in [6.45, 7) is 2.44. The van der Waals surface area contributed by atoms with Crippen LogP contribution in [0.15, 0.2) is 30.3 Å². The maximum absolute atomic E-state index is 12.1. The van der Waals surface area contributed by atoms with E-state index in [-0.39, 0.29) is 11.9 Å². The van der Waals surface area contributed by atoms with E-state index in [2.05, 4.69) is 14.9 Å². The quantitative estimate of drug-likeness (QED) is 0.851. The van der Waals surface area contributed by atoms with Gasteiger partial charge in [-0.1, -0.05) is 48.2 Å². The molecule has 0 radical (unpaired) electrons. The standard InChI is InChI=1S/C14H18N4OS/c1-2-6-12-13(20-18-17-12)14(19)16-9-11(15)10-7-4-3-5-8-10/h3-5,7-8,11H,2,6,9,15H2,1H3,(H,16,19). The Hall–Kier alpha value is -1.79. The third-order valence-electron chi connectivity index (χ3n) is 2.96. The Morgan fingerprint density at radius 2 is 2.15 bits per heavy atom. The molecule has 5 nitrogen and oxygen atoms in total. The molecule has 3 N–H and O–H groups in total. The molecule has 1 aromatic heterocycles. The van der Waals surface area contributed by atoms with Crippen molar-refractivity contribution in [2.45, 2.75) is 25.8 Å². The summed E-state index contributed by atoms with van der Waals surface area (Å²) in [6, 6.07) is 9.50. The number of rotatable bonds is 6. The highest BCUT2D eigenvalue weighted by atomic mass is 32.1. The summed E-state index contributed by atoms with van der Waals surface area (Å²) in [5, 5.41) is 6.84. The predicted octanol–water partition coefficient (Wildman–Crippen LogP) is 1.92. The van der Waals surface area contributed by atoms with Crippen LogP contribution in [0.25, 0.3) is 0 Å². The van der Waals surface area contributed by atoms with Gasteiger partial charge in [0.05, 0.1) is 5.69 Å². The first-order valence-electron chi connectivity index (χ1n) is 6.62. The average Bonchev–Trinajstić information content (AvgIpc) is 2.94. The minimum absolute atomic E-state index is 0.144. The number of nitrogens with one attached hydrogen (secondary N) is 1. The van der Waals surface area contributed by atoms with Crippen molar-refractivity contribution in [3.8, 4) is 0 Å². The minimum atomic E-state index is -0.212. The van der Waals surface area contributed by atoms with Crippen molar-refractivity contribution in [2.75, 3.05) is 6.54 Å². The first-order chi connectivity index (χ1) is 9.72. The molecular formula is C14H18N4OS. The zero-order valence-corrected chi connectivity index (χ0v) is 12.2. The van der Waals surface area contributed by atoms with Gasteiger partial charge in [-0.3, -0.25) is 4.79 Å². The zero-order chi connectivity index (χ0) is 14.4. The third kappa shape index (κ3) is 3.61. The van der Waals surface area contributed by atoms with E-state index in [1.165, 1.54) is 0 Å². The number of carbonyl (C=O) groups is 1. The lowest BCUT2D eigenvalue weighted by atomic mass is 10.1. The number of benzene rings is 1. The van der Waals surface area contributed by atoms with Crippen molar-refractivity contribution in [3.05, 3.63) is 46.5 Å². The molecule has 0 fully saturated rings. The van der Waals surface area contributed by atoms with Crippen molar-refractivity contribution in [2.24, 2.45) is 5.73 Å². The monoisotopic (exact) mass is 290 g/mol. The van der Waals surface area contributed by atoms with Crippen LogP contribution >= 0.6 is 11.5 Å². The van der Waals surface area contributed by atoms with Gasteiger partial charge in [0.2, 0.25) is 0 Å². The van der Waals surface area contributed by atoms with E-state index in [4.69, 9.17) is 5.73 Å². The number of aryl methyl sites for hydroxylation is 1. The van der Waals surface area contributed by atoms with Crippen LogP contribution in [0.4, 0.5) is 0 Å². The number of hydrogen-bond donors (Lipinski definition) is 2. The van der Waals surface area contributed by atoms with Crippen LogP contribution in [-0.4, -0.2) is 22.0 Å². The topological polar surface area (TPSA) is 80.9 Å². The summed E-state index contributed by atoms with van der Waals surface area (Å²) < 4.78 is 3.85. The molecule has 20 heavy (non-hydrogen) atoms. The molecule has 1 amide bonds. The smallest absolute Gasteiger partial charge is 0.265 e. The molecule has 0 aliphatic carbocycles. The number of nitrogens with two attached hydrogens (primary N) is 1. The second kappa shape index (κ2) is 7.12. The zero-order valence-electron chi connectivity index (χ0n) is 11.4. The van der Waals surface area contributed by atoms with Gasteiger partial charge in [-0.15, -0.1) is 5.10 Å². The summed E-state index contributed by atoms with van der Waals surface area (Å²) >= 11 is 1.13. The highest BCUT2D eigenvalue weighted by Gasteiger charge is 2.16. The predicted molar refractivity (Wildman–Crippen MR) is 79.6 cm³/mol. The molecule has 6 heteroatoms. The van der Waals surface area contributed by atoms with Crippen LogP contribution in [-0.2, 0) is 6.42 Å². The number of carbonyl (C=O) groups excluding carboxylic acids is 1. The lowest BCUT2D eigenvalue weighted by Crippen LogP contribution is -2.31. The van der Waals surface area contributed by atoms with Gasteiger partial charge in [0.1, 0.15) is 4.88 Å². The van der Waals surface area contributed by atoms with Crippen LogP contribution in [0.1, 0.15) is 40.3 Å². The van der Waals surface area contributed by atoms with E-state index in [1.807, 2.05) is 37.3 Å². The molecule has 1 unspecified atom stereocenters. The van der Waals surface area contributed by atoms with Crippen LogP contribution in [0.5, 0.6) is 0 Å². The molecule has 0 saturated carbocycles. The van der Waals surface area contributed by atoms with E-state index in [9.17, 15) is 4.79 Å². The van der Waals surface area contributed by atoms with E-state index in [1.54, 1.807) is 0 Å². The summed E-state index contributed by atoms with van der Waals surface area (Å²) in [5.74, 6) is -0.144. The fourth-order valence-electron chi connectivity index (χ4n) is 1.88. The van der Waals surface area contributed by atoms with Gasteiger partial charge in [-0.2, -0.15) is 0 Å². The Morgan fingerprint density at radius 1 is 1.40 bits per heavy atom. The molecule has 2 aromatic rings. The van der Waals surface area contributed by atoms with Gasteiger partial charge in [0.25, 0.3) is 5.91 Å². The molecule has 2 rings (SSSR count). The summed E-state index contributed by atoms with van der Waals surface area (Å²) in [7, 11) is 0. The molecule has 0 saturated heterocycles. The number of amides is 1. The van der Waals surface area contributed by atoms with Crippen LogP contribution < -0.4 is 11.1 Å². The van der Waals surface area contributed by atoms with Crippen molar-refractivity contribution < 1.29 is 4.79 Å². The lowest BCUT2D eigenvalue weighted by molar-refractivity contribution is 0.0954. The number of hydrogen-bond acceptors (Lipinski definition) is 5. The van der Waals surface area contributed by atoms with Gasteiger partial charge in [0.15, 0.2) is 0 Å². The van der Waals surface area contributed by atoms with Gasteiger partial charge in [-0.05, 0) is 23.5 Å². The average molecular weight is 290 g/mol. The molecule has 1 atom stereocenters. The maximum Gasteiger partial charge on any atom is 0.265 e. The van der Waals surface area contributed by atoms with Crippen molar-refractivity contribution in [1.82, 2.24) is 14.9 Å². The second-order valence-corrected chi connectivity index (χ2v) is 5.28. The van der Waals surface area contributed by atoms with Crippen LogP contribution in [0, 0.1) is 0 Å². The molecular weight excluding hydrogens is 272 g/mol. The van der Waals surface area contributed by atoms with Crippen molar-refractivity contribution in [1.29, 1.82) is 0 Å². The Kier molecular flexibility index (Phi) is 5.20. The Bertz CT molecular complexity index is 555. The number of aromatic nitrogens is 2. The second-order valence-electron chi connectivity index (χ2n) is 4.53. The first kappa shape index (κ1) is 14.6. The number of nitrogens with zero attached hydrogens (tertiary/aromatic N) is 2. The first-order valence-corrected chi connectivity index (χ1v) is 7.39. The van der Waals surface area contributed by atoms with E-state index < -0.39 is 0 Å². The van der Waals surface area contributed by atoms with Gasteiger partial charge >= 0.3 is 0 Å². The molecule has 0 aliphatic rings. The highest BCUT2D eigenvalue weighted by molar-refractivity contribution is 7.08. The largest absolute Gasteiger partial charge is 0.349 e. The third-order valence-corrected chi connectivity index (χ3v) is 3.73. The maximum atomic E-state index is 12.1. The van der Waals surface area contributed by atoms with E-state index >= 15 is 0 Å². The summed E-state index contributed by atoms with van der Waals surface area (Å²) in [4.78, 5) is 12.7. The highest BCUT2D eigenvalue weighted by Crippen LogP contribution is 2.13. The van der Waals surface area contributed by atoms with Crippen molar-refractivity contribution >= 4 is 17.4 Å². The fraction of sp³-hybridized carbons (Fsp3) is 0.357. The normalized spacial score (nSPS) is 12.1. The Balaban J connectivity index is 1.93. The van der Waals surface area contributed by atoms with E-state index in [0.717, 1.165) is 35.6 Å². The van der Waals surface area contributed by atoms with Crippen LogP contribution in [0.3, 0.4) is 0 Å². The van der Waals surface area contributed by atoms with Gasteiger partial charge < -0.3 is 11.1 Å². The molecule has 1 heterocycles. The SMILES string of the molecule is CCCc1nnsc1C(=O)NCC(N)c1ccccc1. The van der Waals surface area contributed by atoms with Crippen LogP contribution in [0.2, 0.25) is 0 Å². The van der Waals surface area contributed by atoms with Crippen molar-refractivity contribution in [3.63, 3.8) is 0 Å². The summed E-state index contributed by atoms with van der Waals surface area (Å²) in [5.41, 5.74) is 7.82. The summed E-state index contributed by atoms with van der Waals surface area (Å²) in [6.07, 6.45) is 1.71. The Labute approximate surface area is 122 Å². The minimum Gasteiger partial charge on any atom is -0.349 e. The van der Waals surface area contributed by atoms with Gasteiger partial charge in [-0.25, -0.2) is 0 Å². The lowest BCUT2D eigenvalue weighted by Gasteiger charge is -2.12.